The molecule has 1 rings (SSSR count). The van der Waals surface area contributed by atoms with E-state index in [1.165, 1.54) is 13.2 Å². The second-order valence-corrected chi connectivity index (χ2v) is 3.82. The predicted octanol–water partition coefficient (Wildman–Crippen LogP) is 2.15. The Hall–Kier alpha value is -0.570. The third-order valence-corrected chi connectivity index (χ3v) is 2.75. The van der Waals surface area contributed by atoms with Gasteiger partial charge in [0.1, 0.15) is 12.0 Å². The standard InChI is InChI=1S/C9H5Cl3O3/c1-15-8-5(3-13)6(10)2-4(7(8)11)9(12)14/h2,8H,1H3. The molecule has 0 spiro atoms. The largest absolute Gasteiger partial charge is 0.370 e. The van der Waals surface area contributed by atoms with Crippen LogP contribution < -0.4 is 0 Å². The van der Waals surface area contributed by atoms with Gasteiger partial charge in [-0.2, -0.15) is 0 Å². The molecule has 0 fully saturated rings. The number of halogens is 3. The van der Waals surface area contributed by atoms with Crippen molar-refractivity contribution in [1.29, 1.82) is 0 Å². The van der Waals surface area contributed by atoms with Gasteiger partial charge in [0.15, 0.2) is 0 Å². The van der Waals surface area contributed by atoms with Crippen LogP contribution in [0.4, 0.5) is 0 Å². The number of hydrogen-bond donors (Lipinski definition) is 0. The second-order valence-electron chi connectivity index (χ2n) is 2.66. The molecule has 6 heteroatoms. The monoisotopic (exact) mass is 266 g/mol. The minimum absolute atomic E-state index is 0.0224. The number of methoxy groups -OCH3 is 1. The molecule has 0 amide bonds. The first-order chi connectivity index (χ1) is 7.02. The van der Waals surface area contributed by atoms with Gasteiger partial charge >= 0.3 is 0 Å². The van der Waals surface area contributed by atoms with Crippen LogP contribution >= 0.6 is 34.8 Å². The van der Waals surface area contributed by atoms with E-state index in [4.69, 9.17) is 39.5 Å². The van der Waals surface area contributed by atoms with Crippen LogP contribution in [-0.2, 0) is 14.3 Å². The number of carbonyl (C=O) groups is 1. The molecule has 0 aliphatic heterocycles. The summed E-state index contributed by atoms with van der Waals surface area (Å²) in [6.07, 6.45) is 0.328. The molecule has 0 aromatic heterocycles. The number of hydrogen-bond acceptors (Lipinski definition) is 3. The second kappa shape index (κ2) is 4.97. The van der Waals surface area contributed by atoms with Crippen LogP contribution in [0.2, 0.25) is 0 Å². The van der Waals surface area contributed by atoms with Crippen molar-refractivity contribution in [1.82, 2.24) is 0 Å². The summed E-state index contributed by atoms with van der Waals surface area (Å²) < 4.78 is 4.93. The first-order valence-corrected chi connectivity index (χ1v) is 4.91. The van der Waals surface area contributed by atoms with E-state index in [-0.39, 0.29) is 21.2 Å². The lowest BCUT2D eigenvalue weighted by Gasteiger charge is -2.20. The molecule has 0 saturated carbocycles. The van der Waals surface area contributed by atoms with E-state index in [9.17, 15) is 9.59 Å². The molecule has 3 nitrogen and oxygen atoms in total. The Balaban J connectivity index is 3.35. The smallest absolute Gasteiger partial charge is 0.253 e. The average molecular weight is 267 g/mol. The highest BCUT2D eigenvalue weighted by Crippen LogP contribution is 2.34. The lowest BCUT2D eigenvalue weighted by Crippen LogP contribution is -2.21. The summed E-state index contributed by atoms with van der Waals surface area (Å²) in [5, 5.41) is -0.685. The molecule has 0 heterocycles. The molecule has 0 N–H and O–H groups in total. The quantitative estimate of drug-likeness (QED) is 0.569. The highest BCUT2D eigenvalue weighted by Gasteiger charge is 2.30. The highest BCUT2D eigenvalue weighted by molar-refractivity contribution is 6.69. The summed E-state index contributed by atoms with van der Waals surface area (Å²) in [5.74, 6) is 1.61. The van der Waals surface area contributed by atoms with Crippen molar-refractivity contribution in [2.75, 3.05) is 7.11 Å². The fourth-order valence-electron chi connectivity index (χ4n) is 1.14. The predicted molar refractivity (Wildman–Crippen MR) is 57.7 cm³/mol. The molecule has 15 heavy (non-hydrogen) atoms. The molecule has 80 valence electrons. The first-order valence-electron chi connectivity index (χ1n) is 3.77. The van der Waals surface area contributed by atoms with Gasteiger partial charge < -0.3 is 4.74 Å². The van der Waals surface area contributed by atoms with Crippen LogP contribution in [0.25, 0.3) is 0 Å². The van der Waals surface area contributed by atoms with Crippen LogP contribution in [0.15, 0.2) is 27.3 Å². The van der Waals surface area contributed by atoms with Gasteiger partial charge in [-0.05, 0) is 17.7 Å². The third-order valence-electron chi connectivity index (χ3n) is 1.84. The number of rotatable bonds is 2. The minimum atomic E-state index is -0.889. The van der Waals surface area contributed by atoms with Crippen LogP contribution in [0.5, 0.6) is 0 Å². The zero-order valence-corrected chi connectivity index (χ0v) is 9.78. The van der Waals surface area contributed by atoms with Crippen molar-refractivity contribution in [3.8, 4) is 0 Å². The lowest BCUT2D eigenvalue weighted by molar-refractivity contribution is -0.108. The fourth-order valence-corrected chi connectivity index (χ4v) is 1.93. The third kappa shape index (κ3) is 2.33. The number of ether oxygens (including phenoxy) is 1. The van der Waals surface area contributed by atoms with Crippen LogP contribution in [0.1, 0.15) is 0 Å². The van der Waals surface area contributed by atoms with E-state index < -0.39 is 11.3 Å². The van der Waals surface area contributed by atoms with Gasteiger partial charge in [-0.3, -0.25) is 4.79 Å². The summed E-state index contributed by atoms with van der Waals surface area (Å²) in [6.45, 7) is 0. The summed E-state index contributed by atoms with van der Waals surface area (Å²) in [4.78, 5) is 21.6. The molecule has 1 aliphatic carbocycles. The van der Waals surface area contributed by atoms with E-state index in [1.54, 1.807) is 5.94 Å². The zero-order chi connectivity index (χ0) is 11.6. The fraction of sp³-hybridized carbons (Fsp3) is 0.222. The SMILES string of the molecule is COC1C(=C=O)C(Cl)=CC(C(=O)Cl)=C1Cl. The summed E-state index contributed by atoms with van der Waals surface area (Å²) in [5.41, 5.74) is 0.0695. The lowest BCUT2D eigenvalue weighted by atomic mass is 10.0. The van der Waals surface area contributed by atoms with Crippen molar-refractivity contribution in [3.63, 3.8) is 0 Å². The van der Waals surface area contributed by atoms with Crippen molar-refractivity contribution in [2.24, 2.45) is 0 Å². The van der Waals surface area contributed by atoms with Crippen molar-refractivity contribution in [2.45, 2.75) is 6.10 Å². The maximum atomic E-state index is 11.0. The van der Waals surface area contributed by atoms with Gasteiger partial charge in [0.25, 0.3) is 5.24 Å². The van der Waals surface area contributed by atoms with Crippen molar-refractivity contribution >= 4 is 46.0 Å². The van der Waals surface area contributed by atoms with E-state index in [0.29, 0.717) is 0 Å². The van der Waals surface area contributed by atoms with Gasteiger partial charge in [-0.25, -0.2) is 4.79 Å². The summed E-state index contributed by atoms with van der Waals surface area (Å²) >= 11 is 16.8. The Morgan fingerprint density at radius 3 is 2.53 bits per heavy atom. The number of carbonyl (C=O) groups excluding carboxylic acids is 2. The van der Waals surface area contributed by atoms with Crippen molar-refractivity contribution in [3.05, 3.63) is 27.3 Å². The Labute approximate surface area is 101 Å². The Bertz CT molecular complexity index is 416. The number of allylic oxidation sites excluding steroid dienone is 2. The first kappa shape index (κ1) is 12.5. The van der Waals surface area contributed by atoms with Crippen LogP contribution in [0.3, 0.4) is 0 Å². The molecule has 0 aromatic carbocycles. The molecule has 0 aromatic rings. The summed E-state index contributed by atoms with van der Waals surface area (Å²) in [7, 11) is 1.33. The van der Waals surface area contributed by atoms with Gasteiger partial charge in [0, 0.05) is 7.11 Å². The molecule has 1 aliphatic rings. The molecule has 0 radical (unpaired) electrons. The minimum Gasteiger partial charge on any atom is -0.370 e. The summed E-state index contributed by atoms with van der Waals surface area (Å²) in [6, 6.07) is 0. The van der Waals surface area contributed by atoms with E-state index in [2.05, 4.69) is 0 Å². The van der Waals surface area contributed by atoms with E-state index in [1.807, 2.05) is 0 Å². The molecular formula is C9H5Cl3O3. The molecule has 0 bridgehead atoms. The van der Waals surface area contributed by atoms with Gasteiger partial charge in [-0.1, -0.05) is 23.2 Å². The molecule has 1 atom stereocenters. The Kier molecular flexibility index (Phi) is 4.14. The average Bonchev–Trinajstić information content (AvgIpc) is 2.19. The molecular weight excluding hydrogens is 262 g/mol. The van der Waals surface area contributed by atoms with Crippen LogP contribution in [0, 0.1) is 0 Å². The van der Waals surface area contributed by atoms with E-state index in [0.717, 1.165) is 0 Å². The van der Waals surface area contributed by atoms with Gasteiger partial charge in [0.05, 0.1) is 21.2 Å². The maximum Gasteiger partial charge on any atom is 0.253 e. The molecule has 1 unspecified atom stereocenters. The highest BCUT2D eigenvalue weighted by atomic mass is 35.5. The van der Waals surface area contributed by atoms with Gasteiger partial charge in [-0.15, -0.1) is 0 Å². The van der Waals surface area contributed by atoms with E-state index >= 15 is 0 Å². The maximum absolute atomic E-state index is 11.0. The van der Waals surface area contributed by atoms with Crippen molar-refractivity contribution < 1.29 is 14.3 Å². The Morgan fingerprint density at radius 2 is 2.13 bits per heavy atom. The topological polar surface area (TPSA) is 43.4 Å². The van der Waals surface area contributed by atoms with Gasteiger partial charge in [0.2, 0.25) is 0 Å². The zero-order valence-electron chi connectivity index (χ0n) is 7.51. The van der Waals surface area contributed by atoms with Crippen LogP contribution in [-0.4, -0.2) is 24.4 Å². The normalized spacial score (nSPS) is 21.2. The molecule has 0 saturated heterocycles. The Morgan fingerprint density at radius 1 is 1.53 bits per heavy atom.